The molecule has 1 aliphatic heterocycles. The number of thioether (sulfide) groups is 1. The van der Waals surface area contributed by atoms with Crippen LogP contribution in [0, 0.1) is 5.82 Å². The molecule has 1 aromatic carbocycles. The highest BCUT2D eigenvalue weighted by molar-refractivity contribution is 7.99. The summed E-state index contributed by atoms with van der Waals surface area (Å²) in [5.74, 6) is 1.56. The molecule has 2 N–H and O–H groups in total. The maximum atomic E-state index is 13.0. The van der Waals surface area contributed by atoms with Gasteiger partial charge in [0.25, 0.3) is 5.22 Å². The average molecular weight is 377 g/mol. The molecule has 6 nitrogen and oxygen atoms in total. The molecule has 0 saturated carbocycles. The van der Waals surface area contributed by atoms with Gasteiger partial charge in [-0.25, -0.2) is 4.39 Å². The SMILES string of the molecule is CC1NC(CSc2nnc(-c3ccc(F)cc3)o2)=CC=C1OCCCO. The predicted octanol–water partition coefficient (Wildman–Crippen LogP) is 3.13. The third kappa shape index (κ3) is 4.86. The Labute approximate surface area is 155 Å². The second-order valence-electron chi connectivity index (χ2n) is 5.72. The van der Waals surface area contributed by atoms with Crippen LogP contribution in [0.5, 0.6) is 0 Å². The van der Waals surface area contributed by atoms with E-state index in [4.69, 9.17) is 14.3 Å². The zero-order chi connectivity index (χ0) is 18.4. The number of halogens is 1. The Morgan fingerprint density at radius 2 is 2.08 bits per heavy atom. The lowest BCUT2D eigenvalue weighted by molar-refractivity contribution is 0.161. The second-order valence-corrected chi connectivity index (χ2v) is 6.65. The smallest absolute Gasteiger partial charge is 0.277 e. The van der Waals surface area contributed by atoms with E-state index < -0.39 is 0 Å². The van der Waals surface area contributed by atoms with Crippen LogP contribution in [0.15, 0.2) is 57.5 Å². The molecule has 0 fully saturated rings. The molecule has 26 heavy (non-hydrogen) atoms. The molecule has 1 unspecified atom stereocenters. The maximum absolute atomic E-state index is 13.0. The minimum absolute atomic E-state index is 0.0618. The van der Waals surface area contributed by atoms with Gasteiger partial charge in [-0.3, -0.25) is 0 Å². The van der Waals surface area contributed by atoms with Crippen LogP contribution in [-0.4, -0.2) is 40.3 Å². The minimum Gasteiger partial charge on any atom is -0.496 e. The number of aromatic nitrogens is 2. The van der Waals surface area contributed by atoms with Crippen molar-refractivity contribution in [2.24, 2.45) is 0 Å². The fourth-order valence-corrected chi connectivity index (χ4v) is 3.05. The van der Waals surface area contributed by atoms with E-state index in [2.05, 4.69) is 15.5 Å². The number of hydrogen-bond donors (Lipinski definition) is 2. The number of ether oxygens (including phenoxy) is 1. The van der Waals surface area contributed by atoms with Crippen molar-refractivity contribution in [3.8, 4) is 11.5 Å². The first-order valence-electron chi connectivity index (χ1n) is 8.29. The van der Waals surface area contributed by atoms with E-state index in [0.29, 0.717) is 35.5 Å². The normalized spacial score (nSPS) is 16.7. The van der Waals surface area contributed by atoms with Crippen molar-refractivity contribution in [3.05, 3.63) is 53.7 Å². The topological polar surface area (TPSA) is 80.4 Å². The minimum atomic E-state index is -0.306. The van der Waals surface area contributed by atoms with E-state index in [1.165, 1.54) is 23.9 Å². The van der Waals surface area contributed by atoms with Crippen LogP contribution in [0.4, 0.5) is 4.39 Å². The molecule has 3 rings (SSSR count). The van der Waals surface area contributed by atoms with Crippen LogP contribution < -0.4 is 5.32 Å². The summed E-state index contributed by atoms with van der Waals surface area (Å²) in [7, 11) is 0. The van der Waals surface area contributed by atoms with Crippen molar-refractivity contribution in [3.63, 3.8) is 0 Å². The van der Waals surface area contributed by atoms with Crippen LogP contribution in [0.3, 0.4) is 0 Å². The van der Waals surface area contributed by atoms with Gasteiger partial charge in [0.1, 0.15) is 11.6 Å². The summed E-state index contributed by atoms with van der Waals surface area (Å²) in [4.78, 5) is 0. The Balaban J connectivity index is 1.55. The van der Waals surface area contributed by atoms with Crippen molar-refractivity contribution in [1.29, 1.82) is 0 Å². The molecule has 0 aliphatic carbocycles. The van der Waals surface area contributed by atoms with E-state index in [1.807, 2.05) is 19.1 Å². The number of nitrogens with zero attached hydrogens (tertiary/aromatic N) is 2. The third-order valence-electron chi connectivity index (χ3n) is 3.70. The highest BCUT2D eigenvalue weighted by Crippen LogP contribution is 2.25. The lowest BCUT2D eigenvalue weighted by Gasteiger charge is -2.24. The summed E-state index contributed by atoms with van der Waals surface area (Å²) in [6.45, 7) is 2.64. The van der Waals surface area contributed by atoms with Gasteiger partial charge in [0.05, 0.1) is 12.6 Å². The molecule has 0 spiro atoms. The van der Waals surface area contributed by atoms with Crippen molar-refractivity contribution in [1.82, 2.24) is 15.5 Å². The maximum Gasteiger partial charge on any atom is 0.277 e. The summed E-state index contributed by atoms with van der Waals surface area (Å²) in [5.41, 5.74) is 1.71. The van der Waals surface area contributed by atoms with Gasteiger partial charge in [0.2, 0.25) is 5.89 Å². The number of aliphatic hydroxyl groups excluding tert-OH is 1. The zero-order valence-corrected chi connectivity index (χ0v) is 15.1. The van der Waals surface area contributed by atoms with Crippen LogP contribution >= 0.6 is 11.8 Å². The van der Waals surface area contributed by atoms with Gasteiger partial charge in [0.15, 0.2) is 0 Å². The van der Waals surface area contributed by atoms with E-state index in [0.717, 1.165) is 11.5 Å². The molecule has 1 aliphatic rings. The lowest BCUT2D eigenvalue weighted by Crippen LogP contribution is -2.32. The van der Waals surface area contributed by atoms with Gasteiger partial charge >= 0.3 is 0 Å². The number of aliphatic hydroxyl groups is 1. The first-order chi connectivity index (χ1) is 12.7. The Morgan fingerprint density at radius 3 is 2.81 bits per heavy atom. The van der Waals surface area contributed by atoms with E-state index in [9.17, 15) is 4.39 Å². The third-order valence-corrected chi connectivity index (χ3v) is 4.56. The van der Waals surface area contributed by atoms with Gasteiger partial charge in [-0.2, -0.15) is 0 Å². The molecule has 1 atom stereocenters. The summed E-state index contributed by atoms with van der Waals surface area (Å²) >= 11 is 1.42. The fourth-order valence-electron chi connectivity index (χ4n) is 2.36. The number of dihydropyridines is 1. The number of hydrogen-bond acceptors (Lipinski definition) is 7. The van der Waals surface area contributed by atoms with E-state index in [1.54, 1.807) is 12.1 Å². The number of rotatable bonds is 8. The molecule has 0 saturated heterocycles. The monoisotopic (exact) mass is 377 g/mol. The van der Waals surface area contributed by atoms with E-state index in [-0.39, 0.29) is 18.5 Å². The highest BCUT2D eigenvalue weighted by atomic mass is 32.2. The second kappa shape index (κ2) is 8.86. The van der Waals surface area contributed by atoms with Crippen LogP contribution in [0.2, 0.25) is 0 Å². The van der Waals surface area contributed by atoms with Crippen LogP contribution in [0.1, 0.15) is 13.3 Å². The predicted molar refractivity (Wildman–Crippen MR) is 96.8 cm³/mol. The average Bonchev–Trinajstić information content (AvgIpc) is 3.11. The largest absolute Gasteiger partial charge is 0.496 e. The molecule has 8 heteroatoms. The number of benzene rings is 1. The van der Waals surface area contributed by atoms with Crippen molar-refractivity contribution in [2.45, 2.75) is 24.6 Å². The quantitative estimate of drug-likeness (QED) is 0.540. The van der Waals surface area contributed by atoms with Crippen LogP contribution in [0.25, 0.3) is 11.5 Å². The molecule has 0 amide bonds. The number of nitrogens with one attached hydrogen (secondary N) is 1. The lowest BCUT2D eigenvalue weighted by atomic mass is 10.2. The van der Waals surface area contributed by atoms with Crippen molar-refractivity contribution < 1.29 is 18.7 Å². The van der Waals surface area contributed by atoms with Gasteiger partial charge in [-0.15, -0.1) is 10.2 Å². The number of allylic oxidation sites excluding steroid dienone is 2. The van der Waals surface area contributed by atoms with Crippen molar-refractivity contribution >= 4 is 11.8 Å². The zero-order valence-electron chi connectivity index (χ0n) is 14.3. The molecule has 0 bridgehead atoms. The molecule has 2 aromatic rings. The Hall–Kier alpha value is -2.32. The Kier molecular flexibility index (Phi) is 6.30. The molecular formula is C18H20FN3O3S. The fraction of sp³-hybridized carbons (Fsp3) is 0.333. The van der Waals surface area contributed by atoms with E-state index >= 15 is 0 Å². The summed E-state index contributed by atoms with van der Waals surface area (Å²) < 4.78 is 24.2. The summed E-state index contributed by atoms with van der Waals surface area (Å²) in [6, 6.07) is 5.99. The highest BCUT2D eigenvalue weighted by Gasteiger charge is 2.16. The molecule has 1 aromatic heterocycles. The van der Waals surface area contributed by atoms with Gasteiger partial charge < -0.3 is 19.6 Å². The molecule has 2 heterocycles. The van der Waals surface area contributed by atoms with Gasteiger partial charge in [0, 0.05) is 30.0 Å². The van der Waals surface area contributed by atoms with Gasteiger partial charge in [-0.05, 0) is 43.3 Å². The Bertz CT molecular complexity index is 789. The standard InChI is InChI=1S/C18H20FN3O3S/c1-12-16(24-10-2-9-23)8-7-15(20-12)11-26-18-22-21-17(25-18)13-3-5-14(19)6-4-13/h3-8,12,20,23H,2,9-11H2,1H3. The van der Waals surface area contributed by atoms with Crippen molar-refractivity contribution in [2.75, 3.05) is 19.0 Å². The Morgan fingerprint density at radius 1 is 1.27 bits per heavy atom. The van der Waals surface area contributed by atoms with Gasteiger partial charge in [-0.1, -0.05) is 11.8 Å². The van der Waals surface area contributed by atoms with Crippen LogP contribution in [-0.2, 0) is 4.74 Å². The molecule has 138 valence electrons. The summed E-state index contributed by atoms with van der Waals surface area (Å²) in [6.07, 6.45) is 4.51. The first kappa shape index (κ1) is 18.5. The molecule has 0 radical (unpaired) electrons. The summed E-state index contributed by atoms with van der Waals surface area (Å²) in [5, 5.41) is 20.6. The first-order valence-corrected chi connectivity index (χ1v) is 9.27. The molecular weight excluding hydrogens is 357 g/mol.